The topological polar surface area (TPSA) is 87.0 Å². The first-order valence-electron chi connectivity index (χ1n) is 6.38. The first-order chi connectivity index (χ1) is 9.02. The largest absolute Gasteiger partial charge is 0.504 e. The van der Waals surface area contributed by atoms with Crippen molar-refractivity contribution in [2.45, 2.75) is 39.0 Å². The number of methoxy groups -OCH3 is 1. The third-order valence-electron chi connectivity index (χ3n) is 3.03. The molecule has 5 heteroatoms. The summed E-state index contributed by atoms with van der Waals surface area (Å²) in [4.78, 5) is 11.1. The summed E-state index contributed by atoms with van der Waals surface area (Å²) in [5.74, 6) is -2.27. The highest BCUT2D eigenvalue weighted by Gasteiger charge is 2.23. The van der Waals surface area contributed by atoms with E-state index in [1.54, 1.807) is 0 Å². The van der Waals surface area contributed by atoms with E-state index >= 15 is 0 Å². The van der Waals surface area contributed by atoms with Crippen LogP contribution in [-0.2, 0) is 6.42 Å². The van der Waals surface area contributed by atoms with Crippen LogP contribution in [0.5, 0.6) is 17.2 Å². The lowest BCUT2D eigenvalue weighted by Gasteiger charge is -2.14. The lowest BCUT2D eigenvalue weighted by atomic mass is 10.0. The molecule has 0 aliphatic carbocycles. The Morgan fingerprint density at radius 2 is 1.95 bits per heavy atom. The van der Waals surface area contributed by atoms with E-state index in [-0.39, 0.29) is 11.3 Å². The van der Waals surface area contributed by atoms with Crippen molar-refractivity contribution >= 4 is 5.97 Å². The maximum Gasteiger partial charge on any atom is 0.343 e. The predicted molar refractivity (Wildman–Crippen MR) is 71.1 cm³/mol. The van der Waals surface area contributed by atoms with Gasteiger partial charge < -0.3 is 20.1 Å². The van der Waals surface area contributed by atoms with Gasteiger partial charge in [0.25, 0.3) is 0 Å². The van der Waals surface area contributed by atoms with Gasteiger partial charge in [-0.3, -0.25) is 0 Å². The number of aromatic hydroxyl groups is 2. The molecule has 19 heavy (non-hydrogen) atoms. The molecule has 106 valence electrons. The minimum absolute atomic E-state index is 0.124. The molecule has 1 rings (SSSR count). The fraction of sp³-hybridized carbons (Fsp3) is 0.500. The van der Waals surface area contributed by atoms with Gasteiger partial charge in [-0.15, -0.1) is 0 Å². The molecule has 1 aromatic rings. The number of carbonyl (C=O) groups is 1. The van der Waals surface area contributed by atoms with Gasteiger partial charge in [-0.25, -0.2) is 4.79 Å². The van der Waals surface area contributed by atoms with Gasteiger partial charge in [-0.05, 0) is 24.5 Å². The second kappa shape index (κ2) is 6.87. The van der Waals surface area contributed by atoms with E-state index in [1.165, 1.54) is 13.2 Å². The number of benzene rings is 1. The molecule has 0 heterocycles. The van der Waals surface area contributed by atoms with E-state index < -0.39 is 17.5 Å². The summed E-state index contributed by atoms with van der Waals surface area (Å²) >= 11 is 0. The van der Waals surface area contributed by atoms with E-state index in [9.17, 15) is 15.0 Å². The highest BCUT2D eigenvalue weighted by Crippen LogP contribution is 2.39. The molecule has 0 aliphatic rings. The van der Waals surface area contributed by atoms with Gasteiger partial charge in [0.05, 0.1) is 7.11 Å². The predicted octanol–water partition coefficient (Wildman–Crippen LogP) is 2.93. The molecule has 0 bridgehead atoms. The van der Waals surface area contributed by atoms with E-state index in [4.69, 9.17) is 9.84 Å². The third kappa shape index (κ3) is 3.53. The van der Waals surface area contributed by atoms with Crippen LogP contribution in [-0.4, -0.2) is 28.4 Å². The van der Waals surface area contributed by atoms with Crippen molar-refractivity contribution in [1.29, 1.82) is 0 Å². The third-order valence-corrected chi connectivity index (χ3v) is 3.03. The number of unbranched alkanes of at least 4 members (excludes halogenated alkanes) is 3. The van der Waals surface area contributed by atoms with Crippen molar-refractivity contribution in [2.24, 2.45) is 0 Å². The molecule has 0 fully saturated rings. The summed E-state index contributed by atoms with van der Waals surface area (Å²) in [5.41, 5.74) is 0.222. The van der Waals surface area contributed by atoms with Crippen LogP contribution in [0.3, 0.4) is 0 Å². The lowest BCUT2D eigenvalue weighted by molar-refractivity contribution is 0.0689. The van der Waals surface area contributed by atoms with Crippen LogP contribution >= 0.6 is 0 Å². The summed E-state index contributed by atoms with van der Waals surface area (Å²) in [7, 11) is 1.35. The lowest BCUT2D eigenvalue weighted by Crippen LogP contribution is -2.04. The van der Waals surface area contributed by atoms with E-state index in [2.05, 4.69) is 6.92 Å². The smallest absolute Gasteiger partial charge is 0.343 e. The molecular weight excluding hydrogens is 248 g/mol. The zero-order chi connectivity index (χ0) is 14.4. The van der Waals surface area contributed by atoms with E-state index in [1.807, 2.05) is 0 Å². The average molecular weight is 268 g/mol. The Balaban J connectivity index is 3.06. The number of aryl methyl sites for hydroxylation is 1. The molecule has 0 atom stereocenters. The number of hydrogen-bond donors (Lipinski definition) is 3. The van der Waals surface area contributed by atoms with Gasteiger partial charge in [0.2, 0.25) is 0 Å². The fourth-order valence-electron chi connectivity index (χ4n) is 2.05. The molecule has 5 nitrogen and oxygen atoms in total. The van der Waals surface area contributed by atoms with Crippen molar-refractivity contribution in [3.05, 3.63) is 17.2 Å². The Hall–Kier alpha value is -1.91. The molecule has 0 aromatic heterocycles. The maximum atomic E-state index is 11.1. The Morgan fingerprint density at radius 1 is 1.26 bits per heavy atom. The molecular formula is C14H20O5. The second-order valence-corrected chi connectivity index (χ2v) is 4.43. The van der Waals surface area contributed by atoms with Gasteiger partial charge in [0, 0.05) is 0 Å². The van der Waals surface area contributed by atoms with Crippen LogP contribution in [0, 0.1) is 0 Å². The molecule has 0 amide bonds. The molecule has 3 N–H and O–H groups in total. The number of ether oxygens (including phenoxy) is 1. The number of phenolic OH excluding ortho intramolecular Hbond substituents is 1. The maximum absolute atomic E-state index is 11.1. The first kappa shape index (κ1) is 15.1. The number of phenols is 2. The average Bonchev–Trinajstić information content (AvgIpc) is 2.37. The minimum atomic E-state index is -1.32. The summed E-state index contributed by atoms with van der Waals surface area (Å²) in [6.45, 7) is 2.11. The number of rotatable bonds is 7. The van der Waals surface area contributed by atoms with Crippen LogP contribution in [0.2, 0.25) is 0 Å². The van der Waals surface area contributed by atoms with Gasteiger partial charge in [-0.2, -0.15) is 0 Å². The molecule has 1 aromatic carbocycles. The van der Waals surface area contributed by atoms with Gasteiger partial charge in [0.1, 0.15) is 11.3 Å². The minimum Gasteiger partial charge on any atom is -0.504 e. The zero-order valence-corrected chi connectivity index (χ0v) is 11.3. The summed E-state index contributed by atoms with van der Waals surface area (Å²) in [6, 6.07) is 1.37. The number of aromatic carboxylic acids is 1. The van der Waals surface area contributed by atoms with Crippen molar-refractivity contribution in [1.82, 2.24) is 0 Å². The van der Waals surface area contributed by atoms with E-state index in [0.717, 1.165) is 25.7 Å². The van der Waals surface area contributed by atoms with Gasteiger partial charge in [0.15, 0.2) is 11.5 Å². The van der Waals surface area contributed by atoms with Crippen molar-refractivity contribution < 1.29 is 24.9 Å². The highest BCUT2D eigenvalue weighted by molar-refractivity contribution is 5.95. The Morgan fingerprint density at radius 3 is 2.47 bits per heavy atom. The Labute approximate surface area is 112 Å². The highest BCUT2D eigenvalue weighted by atomic mass is 16.5. The monoisotopic (exact) mass is 268 g/mol. The first-order valence-corrected chi connectivity index (χ1v) is 6.38. The molecule has 0 radical (unpaired) electrons. The Bertz CT molecular complexity index is 454. The van der Waals surface area contributed by atoms with Crippen LogP contribution in [0.4, 0.5) is 0 Å². The zero-order valence-electron chi connectivity index (χ0n) is 11.3. The van der Waals surface area contributed by atoms with Gasteiger partial charge in [-0.1, -0.05) is 26.2 Å². The molecule has 0 spiro atoms. The van der Waals surface area contributed by atoms with Crippen LogP contribution in [0.15, 0.2) is 6.07 Å². The van der Waals surface area contributed by atoms with Crippen molar-refractivity contribution in [3.8, 4) is 17.2 Å². The number of carboxylic acid groups (broad SMARTS) is 1. The van der Waals surface area contributed by atoms with Crippen LogP contribution in [0.1, 0.15) is 48.5 Å². The van der Waals surface area contributed by atoms with Gasteiger partial charge >= 0.3 is 5.97 Å². The molecule has 0 aliphatic heterocycles. The van der Waals surface area contributed by atoms with E-state index in [0.29, 0.717) is 12.0 Å². The van der Waals surface area contributed by atoms with Crippen molar-refractivity contribution in [2.75, 3.05) is 7.11 Å². The van der Waals surface area contributed by atoms with Crippen LogP contribution < -0.4 is 4.74 Å². The Kier molecular flexibility index (Phi) is 5.48. The SMILES string of the molecule is CCCCCCc1cc(O)c(O)c(C(=O)O)c1OC. The second-order valence-electron chi connectivity index (χ2n) is 4.43. The van der Waals surface area contributed by atoms with Crippen molar-refractivity contribution in [3.63, 3.8) is 0 Å². The number of carboxylic acids is 1. The van der Waals surface area contributed by atoms with Crippen LogP contribution in [0.25, 0.3) is 0 Å². The summed E-state index contributed by atoms with van der Waals surface area (Å²) in [5, 5.41) is 28.3. The quantitative estimate of drug-likeness (QED) is 0.523. The number of hydrogen-bond acceptors (Lipinski definition) is 4. The normalized spacial score (nSPS) is 10.4. The molecule has 0 unspecified atom stereocenters. The molecule has 0 saturated carbocycles. The standard InChI is InChI=1S/C14H20O5/c1-3-4-5-6-7-9-8-10(15)12(16)11(14(17)18)13(9)19-2/h8,15-16H,3-7H2,1-2H3,(H,17,18). The fourth-order valence-corrected chi connectivity index (χ4v) is 2.05. The molecule has 0 saturated heterocycles. The summed E-state index contributed by atoms with van der Waals surface area (Å²) < 4.78 is 5.08. The summed E-state index contributed by atoms with van der Waals surface area (Å²) in [6.07, 6.45) is 4.74.